The van der Waals surface area contributed by atoms with Crippen LogP contribution in [0, 0.1) is 0 Å². The Morgan fingerprint density at radius 1 is 1.19 bits per heavy atom. The number of fused-ring (bicyclic) bond motifs is 1. The van der Waals surface area contributed by atoms with Crippen molar-refractivity contribution >= 4 is 22.9 Å². The molecule has 2 N–H and O–H groups in total. The van der Waals surface area contributed by atoms with Gasteiger partial charge in [0.05, 0.1) is 19.7 Å². The first-order valence-electron chi connectivity index (χ1n) is 8.12. The zero-order valence-corrected chi connectivity index (χ0v) is 14.8. The molecule has 1 aromatic heterocycles. The summed E-state index contributed by atoms with van der Waals surface area (Å²) in [5, 5.41) is 12.4. The molecule has 3 aromatic rings. The SMILES string of the molecule is COc1ccc(C[C@H](Nc2nc3cccc(OC)c3c(=O)o2)C(=O)O)cc1. The maximum atomic E-state index is 12.3. The second kappa shape index (κ2) is 7.77. The summed E-state index contributed by atoms with van der Waals surface area (Å²) in [6.07, 6.45) is 0.168. The molecule has 0 radical (unpaired) electrons. The number of aliphatic carboxylic acids is 1. The fourth-order valence-electron chi connectivity index (χ4n) is 2.67. The predicted molar refractivity (Wildman–Crippen MR) is 98.6 cm³/mol. The Hall–Kier alpha value is -3.55. The van der Waals surface area contributed by atoms with Crippen LogP contribution in [0.1, 0.15) is 5.56 Å². The van der Waals surface area contributed by atoms with Crippen molar-refractivity contribution in [2.24, 2.45) is 0 Å². The predicted octanol–water partition coefficient (Wildman–Crippen LogP) is 2.31. The summed E-state index contributed by atoms with van der Waals surface area (Å²) in [6.45, 7) is 0. The second-order valence-corrected chi connectivity index (χ2v) is 5.75. The number of methoxy groups -OCH3 is 2. The van der Waals surface area contributed by atoms with Gasteiger partial charge in [0, 0.05) is 6.42 Å². The molecule has 0 aliphatic rings. The first-order chi connectivity index (χ1) is 13.0. The molecule has 3 rings (SSSR count). The Balaban J connectivity index is 1.88. The molecule has 1 atom stereocenters. The summed E-state index contributed by atoms with van der Waals surface area (Å²) in [5.74, 6) is -0.0796. The van der Waals surface area contributed by atoms with Crippen molar-refractivity contribution in [3.8, 4) is 11.5 Å². The molecule has 140 valence electrons. The van der Waals surface area contributed by atoms with Crippen LogP contribution in [0.15, 0.2) is 51.7 Å². The Morgan fingerprint density at radius 2 is 1.93 bits per heavy atom. The minimum Gasteiger partial charge on any atom is -0.497 e. The van der Waals surface area contributed by atoms with Crippen molar-refractivity contribution < 1.29 is 23.8 Å². The van der Waals surface area contributed by atoms with Gasteiger partial charge in [-0.15, -0.1) is 0 Å². The Morgan fingerprint density at radius 3 is 2.56 bits per heavy atom. The van der Waals surface area contributed by atoms with Gasteiger partial charge < -0.3 is 24.3 Å². The number of anilines is 1. The highest BCUT2D eigenvalue weighted by molar-refractivity contribution is 5.84. The van der Waals surface area contributed by atoms with E-state index in [9.17, 15) is 14.7 Å². The maximum absolute atomic E-state index is 12.3. The van der Waals surface area contributed by atoms with E-state index in [1.807, 2.05) is 0 Å². The Bertz CT molecular complexity index is 1010. The summed E-state index contributed by atoms with van der Waals surface area (Å²) in [6, 6.07) is 10.8. The summed E-state index contributed by atoms with van der Waals surface area (Å²) >= 11 is 0. The molecule has 0 bridgehead atoms. The zero-order valence-electron chi connectivity index (χ0n) is 14.8. The lowest BCUT2D eigenvalue weighted by molar-refractivity contribution is -0.137. The van der Waals surface area contributed by atoms with Crippen LogP contribution in [0.5, 0.6) is 11.5 Å². The van der Waals surface area contributed by atoms with Crippen molar-refractivity contribution in [2.75, 3.05) is 19.5 Å². The lowest BCUT2D eigenvalue weighted by atomic mass is 10.1. The third-order valence-corrected chi connectivity index (χ3v) is 4.03. The van der Waals surface area contributed by atoms with Crippen molar-refractivity contribution in [3.63, 3.8) is 0 Å². The number of hydrogen-bond acceptors (Lipinski definition) is 7. The molecule has 0 amide bonds. The summed E-state index contributed by atoms with van der Waals surface area (Å²) in [7, 11) is 2.99. The fraction of sp³-hybridized carbons (Fsp3) is 0.211. The van der Waals surface area contributed by atoms with Gasteiger partial charge in [0.1, 0.15) is 22.9 Å². The van der Waals surface area contributed by atoms with Crippen LogP contribution in [0.25, 0.3) is 10.9 Å². The molecule has 2 aromatic carbocycles. The van der Waals surface area contributed by atoms with Crippen LogP contribution in [0.4, 0.5) is 6.01 Å². The van der Waals surface area contributed by atoms with Gasteiger partial charge in [-0.05, 0) is 29.8 Å². The average molecular weight is 370 g/mol. The topological polar surface area (TPSA) is 111 Å². The van der Waals surface area contributed by atoms with Gasteiger partial charge in [-0.3, -0.25) is 0 Å². The number of nitrogens with zero attached hydrogens (tertiary/aromatic N) is 1. The molecule has 0 spiro atoms. The van der Waals surface area contributed by atoms with E-state index in [2.05, 4.69) is 10.3 Å². The first kappa shape index (κ1) is 18.2. The quantitative estimate of drug-likeness (QED) is 0.652. The van der Waals surface area contributed by atoms with Crippen LogP contribution in [0.2, 0.25) is 0 Å². The van der Waals surface area contributed by atoms with Gasteiger partial charge >= 0.3 is 11.6 Å². The van der Waals surface area contributed by atoms with E-state index in [-0.39, 0.29) is 17.8 Å². The lowest BCUT2D eigenvalue weighted by Crippen LogP contribution is -2.32. The molecule has 0 saturated carbocycles. The van der Waals surface area contributed by atoms with Crippen LogP contribution < -0.4 is 20.4 Å². The number of carbonyl (C=O) groups is 1. The molecular weight excluding hydrogens is 352 g/mol. The lowest BCUT2D eigenvalue weighted by Gasteiger charge is -2.14. The Labute approximate surface area is 154 Å². The van der Waals surface area contributed by atoms with Gasteiger partial charge in [0.15, 0.2) is 0 Å². The number of carboxylic acids is 1. The molecule has 8 nitrogen and oxygen atoms in total. The third kappa shape index (κ3) is 4.00. The Kier molecular flexibility index (Phi) is 5.25. The molecule has 0 fully saturated rings. The van der Waals surface area contributed by atoms with Crippen LogP contribution in [-0.4, -0.2) is 36.3 Å². The average Bonchev–Trinajstić information content (AvgIpc) is 2.67. The van der Waals surface area contributed by atoms with Crippen molar-refractivity contribution in [1.29, 1.82) is 0 Å². The smallest absolute Gasteiger partial charge is 0.351 e. The van der Waals surface area contributed by atoms with Crippen molar-refractivity contribution in [3.05, 3.63) is 58.4 Å². The highest BCUT2D eigenvalue weighted by atomic mass is 16.5. The maximum Gasteiger partial charge on any atom is 0.351 e. The molecule has 0 aliphatic heterocycles. The van der Waals surface area contributed by atoms with Gasteiger partial charge in [-0.1, -0.05) is 18.2 Å². The van der Waals surface area contributed by atoms with E-state index in [4.69, 9.17) is 13.9 Å². The summed E-state index contributed by atoms with van der Waals surface area (Å²) in [4.78, 5) is 28.1. The van der Waals surface area contributed by atoms with E-state index >= 15 is 0 Å². The van der Waals surface area contributed by atoms with E-state index < -0.39 is 17.6 Å². The van der Waals surface area contributed by atoms with Crippen LogP contribution in [-0.2, 0) is 11.2 Å². The monoisotopic (exact) mass is 370 g/mol. The van der Waals surface area contributed by atoms with Crippen molar-refractivity contribution in [2.45, 2.75) is 12.5 Å². The van der Waals surface area contributed by atoms with Gasteiger partial charge in [-0.25, -0.2) is 9.59 Å². The third-order valence-electron chi connectivity index (χ3n) is 4.03. The second-order valence-electron chi connectivity index (χ2n) is 5.75. The number of rotatable bonds is 7. The first-order valence-corrected chi connectivity index (χ1v) is 8.12. The summed E-state index contributed by atoms with van der Waals surface area (Å²) < 4.78 is 15.4. The molecular formula is C19H18N2O6. The number of benzene rings is 2. The normalized spacial score (nSPS) is 11.8. The highest BCUT2D eigenvalue weighted by Crippen LogP contribution is 2.22. The molecule has 0 aliphatic carbocycles. The van der Waals surface area contributed by atoms with Gasteiger partial charge in [0.25, 0.3) is 6.01 Å². The highest BCUT2D eigenvalue weighted by Gasteiger charge is 2.21. The number of hydrogen-bond donors (Lipinski definition) is 2. The number of ether oxygens (including phenoxy) is 2. The zero-order chi connectivity index (χ0) is 19.4. The van der Waals surface area contributed by atoms with Gasteiger partial charge in [0.2, 0.25) is 0 Å². The molecule has 8 heteroatoms. The van der Waals surface area contributed by atoms with Crippen molar-refractivity contribution in [1.82, 2.24) is 4.98 Å². The van der Waals surface area contributed by atoms with E-state index in [1.54, 1.807) is 49.6 Å². The van der Waals surface area contributed by atoms with Crippen LogP contribution in [0.3, 0.4) is 0 Å². The van der Waals surface area contributed by atoms with E-state index in [1.165, 1.54) is 7.11 Å². The number of aromatic nitrogens is 1. The summed E-state index contributed by atoms with van der Waals surface area (Å²) in [5.41, 5.74) is 0.468. The molecule has 27 heavy (non-hydrogen) atoms. The van der Waals surface area contributed by atoms with E-state index in [0.29, 0.717) is 17.0 Å². The van der Waals surface area contributed by atoms with E-state index in [0.717, 1.165) is 5.56 Å². The van der Waals surface area contributed by atoms with Crippen LogP contribution >= 0.6 is 0 Å². The number of nitrogens with one attached hydrogen (secondary N) is 1. The number of carboxylic acid groups (broad SMARTS) is 1. The minimum atomic E-state index is -1.10. The largest absolute Gasteiger partial charge is 0.497 e. The molecule has 1 heterocycles. The fourth-order valence-corrected chi connectivity index (χ4v) is 2.67. The molecule has 0 saturated heterocycles. The minimum absolute atomic E-state index is 0.165. The standard InChI is InChI=1S/C19H18N2O6/c1-25-12-8-6-11(7-9-12)10-14(17(22)23)21-19-20-13-4-3-5-15(26-2)16(13)18(24)27-19/h3-9,14H,10H2,1-2H3,(H,20,21)(H,22,23)/t14-/m0/s1. The molecule has 0 unspecified atom stereocenters. The van der Waals surface area contributed by atoms with Gasteiger partial charge in [-0.2, -0.15) is 4.98 Å².